The number of nitro groups is 1. The van der Waals surface area contributed by atoms with Gasteiger partial charge in [-0.15, -0.1) is 0 Å². The Morgan fingerprint density at radius 2 is 1.86 bits per heavy atom. The van der Waals surface area contributed by atoms with E-state index in [0.29, 0.717) is 11.2 Å². The first-order valence-electron chi connectivity index (χ1n) is 8.75. The molecule has 0 bridgehead atoms. The highest BCUT2D eigenvalue weighted by molar-refractivity contribution is 6.09. The van der Waals surface area contributed by atoms with Crippen molar-refractivity contribution in [1.29, 1.82) is 0 Å². The quantitative estimate of drug-likeness (QED) is 0.388. The van der Waals surface area contributed by atoms with Gasteiger partial charge in [0.15, 0.2) is 0 Å². The third-order valence-corrected chi connectivity index (χ3v) is 4.03. The highest BCUT2D eigenvalue weighted by Gasteiger charge is 2.20. The molecule has 0 aliphatic carbocycles. The number of carbonyl (C=O) groups excluding carboxylic acids is 2. The van der Waals surface area contributed by atoms with Crippen molar-refractivity contribution in [3.05, 3.63) is 64.3 Å². The van der Waals surface area contributed by atoms with Gasteiger partial charge in [-0.2, -0.15) is 0 Å². The molecule has 9 nitrogen and oxygen atoms in total. The van der Waals surface area contributed by atoms with E-state index in [1.165, 1.54) is 16.7 Å². The molecule has 0 unspecified atom stereocenters. The van der Waals surface area contributed by atoms with Crippen molar-refractivity contribution in [2.45, 2.75) is 26.4 Å². The standard InChI is InChI=1S/C20H20N4O5/c1-20(2,3)29-19(26)23-9-8-12-4-5-13(10-17(12)23)22-18(25)15-11-14(24(27)28)6-7-16(15)21/h4-11H,21H2,1-3H3,(H,22,25). The number of ether oxygens (including phenoxy) is 1. The molecule has 0 saturated carbocycles. The first-order chi connectivity index (χ1) is 13.5. The number of rotatable bonds is 3. The molecule has 0 saturated heterocycles. The Morgan fingerprint density at radius 3 is 2.52 bits per heavy atom. The predicted molar refractivity (Wildman–Crippen MR) is 109 cm³/mol. The van der Waals surface area contributed by atoms with E-state index in [2.05, 4.69) is 5.32 Å². The number of nitrogen functional groups attached to an aromatic ring is 1. The molecular weight excluding hydrogens is 376 g/mol. The zero-order valence-corrected chi connectivity index (χ0v) is 16.1. The largest absolute Gasteiger partial charge is 0.443 e. The van der Waals surface area contributed by atoms with Gasteiger partial charge in [0.2, 0.25) is 0 Å². The van der Waals surface area contributed by atoms with Crippen LogP contribution in [0.15, 0.2) is 48.7 Å². The summed E-state index contributed by atoms with van der Waals surface area (Å²) in [6, 6.07) is 10.4. The first-order valence-corrected chi connectivity index (χ1v) is 8.75. The number of non-ortho nitro benzene ring substituents is 1. The normalized spacial score (nSPS) is 11.3. The van der Waals surface area contributed by atoms with Crippen molar-refractivity contribution in [2.24, 2.45) is 0 Å². The fourth-order valence-corrected chi connectivity index (χ4v) is 2.73. The van der Waals surface area contributed by atoms with Gasteiger partial charge in [-0.25, -0.2) is 4.79 Å². The molecular formula is C20H20N4O5. The Hall–Kier alpha value is -3.88. The topological polar surface area (TPSA) is 129 Å². The molecule has 1 aromatic heterocycles. The molecule has 2 aromatic carbocycles. The van der Waals surface area contributed by atoms with Crippen molar-refractivity contribution >= 4 is 40.0 Å². The van der Waals surface area contributed by atoms with E-state index in [9.17, 15) is 19.7 Å². The van der Waals surface area contributed by atoms with Crippen LogP contribution in [0.1, 0.15) is 31.1 Å². The summed E-state index contributed by atoms with van der Waals surface area (Å²) < 4.78 is 6.73. The zero-order chi connectivity index (χ0) is 21.3. The zero-order valence-electron chi connectivity index (χ0n) is 16.1. The number of nitrogens with one attached hydrogen (secondary N) is 1. The Labute approximate surface area is 166 Å². The van der Waals surface area contributed by atoms with Crippen LogP contribution in [-0.2, 0) is 4.74 Å². The lowest BCUT2D eigenvalue weighted by Gasteiger charge is -2.19. The average molecular weight is 396 g/mol. The molecule has 9 heteroatoms. The van der Waals surface area contributed by atoms with Crippen LogP contribution in [0.25, 0.3) is 10.9 Å². The summed E-state index contributed by atoms with van der Waals surface area (Å²) in [5.74, 6) is -0.596. The number of nitrogens with zero attached hydrogens (tertiary/aromatic N) is 2. The molecule has 3 aromatic rings. The Bertz CT molecular complexity index is 1130. The van der Waals surface area contributed by atoms with Crippen molar-refractivity contribution in [3.8, 4) is 0 Å². The molecule has 0 aliphatic heterocycles. The van der Waals surface area contributed by atoms with Gasteiger partial charge in [0, 0.05) is 35.1 Å². The lowest BCUT2D eigenvalue weighted by atomic mass is 10.1. The maximum atomic E-state index is 12.6. The average Bonchev–Trinajstić information content (AvgIpc) is 3.03. The highest BCUT2D eigenvalue weighted by Crippen LogP contribution is 2.24. The number of carbonyl (C=O) groups is 2. The van der Waals surface area contributed by atoms with Gasteiger partial charge in [-0.3, -0.25) is 19.5 Å². The number of hydrogen-bond acceptors (Lipinski definition) is 6. The maximum absolute atomic E-state index is 12.6. The summed E-state index contributed by atoms with van der Waals surface area (Å²) in [5.41, 5.74) is 5.95. The third kappa shape index (κ3) is 4.34. The van der Waals surface area contributed by atoms with Crippen LogP contribution < -0.4 is 11.1 Å². The third-order valence-electron chi connectivity index (χ3n) is 4.03. The van der Waals surface area contributed by atoms with Gasteiger partial charge in [-0.1, -0.05) is 6.07 Å². The second kappa shape index (κ2) is 7.27. The van der Waals surface area contributed by atoms with E-state index >= 15 is 0 Å². The SMILES string of the molecule is CC(C)(C)OC(=O)n1ccc2ccc(NC(=O)c3cc([N+](=O)[O-])ccc3N)cc21. The lowest BCUT2D eigenvalue weighted by molar-refractivity contribution is -0.384. The number of anilines is 2. The van der Waals surface area contributed by atoms with E-state index in [-0.39, 0.29) is 16.9 Å². The van der Waals surface area contributed by atoms with Crippen LogP contribution in [-0.4, -0.2) is 27.1 Å². The molecule has 150 valence electrons. The maximum Gasteiger partial charge on any atom is 0.418 e. The molecule has 0 spiro atoms. The van der Waals surface area contributed by atoms with Gasteiger partial charge < -0.3 is 15.8 Å². The second-order valence-electron chi connectivity index (χ2n) is 7.42. The minimum atomic E-state index is -0.654. The Balaban J connectivity index is 1.90. The summed E-state index contributed by atoms with van der Waals surface area (Å²) >= 11 is 0. The molecule has 1 amide bonds. The smallest absolute Gasteiger partial charge is 0.418 e. The first kappa shape index (κ1) is 19.9. The second-order valence-corrected chi connectivity index (χ2v) is 7.42. The number of amides is 1. The van der Waals surface area contributed by atoms with Crippen molar-refractivity contribution in [3.63, 3.8) is 0 Å². The van der Waals surface area contributed by atoms with Gasteiger partial charge in [0.1, 0.15) is 5.60 Å². The summed E-state index contributed by atoms with van der Waals surface area (Å²) in [6.45, 7) is 5.31. The van der Waals surface area contributed by atoms with E-state index in [4.69, 9.17) is 10.5 Å². The van der Waals surface area contributed by atoms with Gasteiger partial charge in [-0.05, 0) is 45.0 Å². The number of nitrogens with two attached hydrogens (primary N) is 1. The van der Waals surface area contributed by atoms with E-state index < -0.39 is 22.5 Å². The summed E-state index contributed by atoms with van der Waals surface area (Å²) in [7, 11) is 0. The summed E-state index contributed by atoms with van der Waals surface area (Å²) in [5, 5.41) is 14.4. The molecule has 1 heterocycles. The number of hydrogen-bond donors (Lipinski definition) is 2. The molecule has 0 fully saturated rings. The lowest BCUT2D eigenvalue weighted by Crippen LogP contribution is -2.26. The van der Waals surface area contributed by atoms with Crippen LogP contribution in [0.2, 0.25) is 0 Å². The van der Waals surface area contributed by atoms with Crippen LogP contribution in [0.3, 0.4) is 0 Å². The Kier molecular flexibility index (Phi) is 4.98. The molecule has 29 heavy (non-hydrogen) atoms. The molecule has 0 atom stereocenters. The molecule has 3 rings (SSSR count). The predicted octanol–water partition coefficient (Wildman–Crippen LogP) is 4.17. The Morgan fingerprint density at radius 1 is 1.14 bits per heavy atom. The monoisotopic (exact) mass is 396 g/mol. The van der Waals surface area contributed by atoms with E-state index in [1.807, 2.05) is 0 Å². The fourth-order valence-electron chi connectivity index (χ4n) is 2.73. The number of aromatic nitrogens is 1. The van der Waals surface area contributed by atoms with E-state index in [1.54, 1.807) is 51.2 Å². The number of nitro benzene ring substituents is 1. The minimum Gasteiger partial charge on any atom is -0.443 e. The molecule has 0 aliphatic rings. The van der Waals surface area contributed by atoms with Crippen LogP contribution in [0.5, 0.6) is 0 Å². The van der Waals surface area contributed by atoms with Crippen molar-refractivity contribution < 1.29 is 19.2 Å². The number of fused-ring (bicyclic) bond motifs is 1. The van der Waals surface area contributed by atoms with Gasteiger partial charge >= 0.3 is 6.09 Å². The van der Waals surface area contributed by atoms with Crippen LogP contribution >= 0.6 is 0 Å². The van der Waals surface area contributed by atoms with Crippen LogP contribution in [0, 0.1) is 10.1 Å². The highest BCUT2D eigenvalue weighted by atomic mass is 16.6. The molecule has 3 N–H and O–H groups in total. The van der Waals surface area contributed by atoms with Crippen molar-refractivity contribution in [2.75, 3.05) is 11.1 Å². The van der Waals surface area contributed by atoms with E-state index in [0.717, 1.165) is 11.5 Å². The van der Waals surface area contributed by atoms with Gasteiger partial charge in [0.05, 0.1) is 16.0 Å². The van der Waals surface area contributed by atoms with Crippen LogP contribution in [0.4, 0.5) is 21.9 Å². The summed E-state index contributed by atoms with van der Waals surface area (Å²) in [6.07, 6.45) is 1.04. The van der Waals surface area contributed by atoms with Gasteiger partial charge in [0.25, 0.3) is 11.6 Å². The molecule has 0 radical (unpaired) electrons. The van der Waals surface area contributed by atoms with Crippen molar-refractivity contribution in [1.82, 2.24) is 4.57 Å². The fraction of sp³-hybridized carbons (Fsp3) is 0.200. The minimum absolute atomic E-state index is 0.0122. The number of benzene rings is 2. The summed E-state index contributed by atoms with van der Waals surface area (Å²) in [4.78, 5) is 35.3.